The van der Waals surface area contributed by atoms with Gasteiger partial charge in [0.05, 0.1) is 12.2 Å². The molecule has 0 radical (unpaired) electrons. The second-order valence-electron chi connectivity index (χ2n) is 5.86. The first-order chi connectivity index (χ1) is 10.3. The summed E-state index contributed by atoms with van der Waals surface area (Å²) in [4.78, 5) is 7.16. The summed E-state index contributed by atoms with van der Waals surface area (Å²) in [5.41, 5.74) is 8.95. The molecule has 1 fully saturated rings. The molecule has 0 spiro atoms. The first-order valence-electron chi connectivity index (χ1n) is 7.72. The van der Waals surface area contributed by atoms with Crippen LogP contribution < -0.4 is 5.73 Å². The van der Waals surface area contributed by atoms with E-state index in [0.717, 1.165) is 32.5 Å². The SMILES string of the molecule is CCCc1csc(CN2C[C@@H](N)[C@H](c3ccccc3)C2)n1.Cl. The third-order valence-corrected chi connectivity index (χ3v) is 5.02. The molecular weight excluding hydrogens is 314 g/mol. The first-order valence-corrected chi connectivity index (χ1v) is 8.60. The molecule has 1 aliphatic heterocycles. The summed E-state index contributed by atoms with van der Waals surface area (Å²) in [5.74, 6) is 0.446. The Balaban J connectivity index is 0.00000176. The topological polar surface area (TPSA) is 42.1 Å². The van der Waals surface area contributed by atoms with Crippen molar-refractivity contribution in [1.29, 1.82) is 0 Å². The van der Waals surface area contributed by atoms with E-state index in [4.69, 9.17) is 10.7 Å². The highest BCUT2D eigenvalue weighted by atomic mass is 35.5. The molecule has 0 saturated carbocycles. The molecule has 0 bridgehead atoms. The normalized spacial score (nSPS) is 21.7. The van der Waals surface area contributed by atoms with Crippen LogP contribution in [-0.2, 0) is 13.0 Å². The minimum atomic E-state index is 0. The van der Waals surface area contributed by atoms with Crippen molar-refractivity contribution in [2.24, 2.45) is 5.73 Å². The molecule has 3 rings (SSSR count). The van der Waals surface area contributed by atoms with Gasteiger partial charge in [-0.25, -0.2) is 4.98 Å². The molecule has 0 aliphatic carbocycles. The van der Waals surface area contributed by atoms with Crippen LogP contribution in [0.3, 0.4) is 0 Å². The predicted molar refractivity (Wildman–Crippen MR) is 95.8 cm³/mol. The second kappa shape index (κ2) is 8.06. The Labute approximate surface area is 143 Å². The molecule has 1 aromatic heterocycles. The highest BCUT2D eigenvalue weighted by Crippen LogP contribution is 2.27. The van der Waals surface area contributed by atoms with Gasteiger partial charge in [0.25, 0.3) is 0 Å². The van der Waals surface area contributed by atoms with Crippen LogP contribution in [0.2, 0.25) is 0 Å². The van der Waals surface area contributed by atoms with E-state index in [1.165, 1.54) is 16.3 Å². The third-order valence-electron chi connectivity index (χ3n) is 4.13. The molecule has 3 nitrogen and oxygen atoms in total. The monoisotopic (exact) mass is 337 g/mol. The number of likely N-dealkylation sites (tertiary alicyclic amines) is 1. The number of nitrogens with zero attached hydrogens (tertiary/aromatic N) is 2. The minimum Gasteiger partial charge on any atom is -0.326 e. The molecule has 1 aromatic carbocycles. The van der Waals surface area contributed by atoms with Crippen molar-refractivity contribution in [1.82, 2.24) is 9.88 Å². The molecule has 2 aromatic rings. The van der Waals surface area contributed by atoms with Crippen LogP contribution >= 0.6 is 23.7 Å². The Kier molecular flexibility index (Phi) is 6.38. The summed E-state index contributed by atoms with van der Waals surface area (Å²) >= 11 is 1.78. The van der Waals surface area contributed by atoms with Gasteiger partial charge in [0, 0.05) is 30.4 Å². The smallest absolute Gasteiger partial charge is 0.107 e. The summed E-state index contributed by atoms with van der Waals surface area (Å²) < 4.78 is 0. The van der Waals surface area contributed by atoms with E-state index in [1.54, 1.807) is 11.3 Å². The lowest BCUT2D eigenvalue weighted by atomic mass is 9.95. The summed E-state index contributed by atoms with van der Waals surface area (Å²) in [6, 6.07) is 10.9. The van der Waals surface area contributed by atoms with Crippen LogP contribution in [0.4, 0.5) is 0 Å². The molecular formula is C17H24ClN3S. The molecule has 5 heteroatoms. The van der Waals surface area contributed by atoms with Gasteiger partial charge < -0.3 is 5.73 Å². The van der Waals surface area contributed by atoms with Gasteiger partial charge >= 0.3 is 0 Å². The number of aryl methyl sites for hydroxylation is 1. The van der Waals surface area contributed by atoms with E-state index in [1.807, 2.05) is 0 Å². The lowest BCUT2D eigenvalue weighted by Crippen LogP contribution is -2.28. The van der Waals surface area contributed by atoms with Crippen LogP contribution in [0.1, 0.15) is 35.5 Å². The molecule has 120 valence electrons. The summed E-state index contributed by atoms with van der Waals surface area (Å²) in [6.45, 7) is 5.13. The largest absolute Gasteiger partial charge is 0.326 e. The van der Waals surface area contributed by atoms with Crippen LogP contribution in [0.25, 0.3) is 0 Å². The fraction of sp³-hybridized carbons (Fsp3) is 0.471. The van der Waals surface area contributed by atoms with Gasteiger partial charge in [-0.05, 0) is 12.0 Å². The van der Waals surface area contributed by atoms with Crippen molar-refractivity contribution in [3.8, 4) is 0 Å². The van der Waals surface area contributed by atoms with Gasteiger partial charge in [-0.2, -0.15) is 0 Å². The Hall–Kier alpha value is -0.940. The zero-order valence-electron chi connectivity index (χ0n) is 12.9. The van der Waals surface area contributed by atoms with Crippen molar-refractivity contribution in [2.75, 3.05) is 13.1 Å². The fourth-order valence-electron chi connectivity index (χ4n) is 3.08. The average molecular weight is 338 g/mol. The van der Waals surface area contributed by atoms with Crippen molar-refractivity contribution in [3.05, 3.63) is 52.0 Å². The van der Waals surface area contributed by atoms with Gasteiger partial charge in [-0.15, -0.1) is 23.7 Å². The molecule has 1 aliphatic rings. The molecule has 2 N–H and O–H groups in total. The van der Waals surface area contributed by atoms with Crippen molar-refractivity contribution in [3.63, 3.8) is 0 Å². The predicted octanol–water partition coefficient (Wildman–Crippen LogP) is 3.44. The molecule has 1 saturated heterocycles. The number of thiazole rings is 1. The first kappa shape index (κ1) is 17.4. The van der Waals surface area contributed by atoms with Crippen LogP contribution in [0, 0.1) is 0 Å². The minimum absolute atomic E-state index is 0. The molecule has 2 atom stereocenters. The van der Waals surface area contributed by atoms with E-state index in [2.05, 4.69) is 47.5 Å². The molecule has 0 unspecified atom stereocenters. The average Bonchev–Trinajstić information content (AvgIpc) is 3.07. The number of aromatic nitrogens is 1. The van der Waals surface area contributed by atoms with Crippen LogP contribution in [0.15, 0.2) is 35.7 Å². The maximum absolute atomic E-state index is 6.35. The maximum atomic E-state index is 6.35. The zero-order valence-corrected chi connectivity index (χ0v) is 14.6. The van der Waals surface area contributed by atoms with E-state index >= 15 is 0 Å². The number of hydrogen-bond acceptors (Lipinski definition) is 4. The van der Waals surface area contributed by atoms with Crippen LogP contribution in [0.5, 0.6) is 0 Å². The highest BCUT2D eigenvalue weighted by Gasteiger charge is 2.31. The number of nitrogens with two attached hydrogens (primary N) is 1. The van der Waals surface area contributed by atoms with Gasteiger partial charge in [0.2, 0.25) is 0 Å². The van der Waals surface area contributed by atoms with Gasteiger partial charge in [0.1, 0.15) is 5.01 Å². The number of benzene rings is 1. The van der Waals surface area contributed by atoms with Crippen molar-refractivity contribution < 1.29 is 0 Å². The number of hydrogen-bond donors (Lipinski definition) is 1. The molecule has 2 heterocycles. The fourth-order valence-corrected chi connectivity index (χ4v) is 3.95. The van der Waals surface area contributed by atoms with Crippen molar-refractivity contribution in [2.45, 2.75) is 38.3 Å². The third kappa shape index (κ3) is 4.07. The van der Waals surface area contributed by atoms with E-state index in [-0.39, 0.29) is 18.4 Å². The Morgan fingerprint density at radius 2 is 2.05 bits per heavy atom. The van der Waals surface area contributed by atoms with E-state index in [0.29, 0.717) is 5.92 Å². The van der Waals surface area contributed by atoms with Crippen molar-refractivity contribution >= 4 is 23.7 Å². The van der Waals surface area contributed by atoms with Gasteiger partial charge in [-0.1, -0.05) is 43.7 Å². The quantitative estimate of drug-likeness (QED) is 0.908. The Morgan fingerprint density at radius 3 is 2.77 bits per heavy atom. The number of rotatable bonds is 5. The lowest BCUT2D eigenvalue weighted by molar-refractivity contribution is 0.323. The Bertz CT molecular complexity index is 572. The Morgan fingerprint density at radius 1 is 1.27 bits per heavy atom. The zero-order chi connectivity index (χ0) is 14.7. The molecule has 0 amide bonds. The summed E-state index contributed by atoms with van der Waals surface area (Å²) in [6.07, 6.45) is 2.25. The van der Waals surface area contributed by atoms with E-state index < -0.39 is 0 Å². The van der Waals surface area contributed by atoms with E-state index in [9.17, 15) is 0 Å². The van der Waals surface area contributed by atoms with Crippen LogP contribution in [-0.4, -0.2) is 29.0 Å². The summed E-state index contributed by atoms with van der Waals surface area (Å²) in [5, 5.41) is 3.42. The second-order valence-corrected chi connectivity index (χ2v) is 6.80. The lowest BCUT2D eigenvalue weighted by Gasteiger charge is -2.15. The van der Waals surface area contributed by atoms with Gasteiger partial charge in [-0.3, -0.25) is 4.90 Å². The van der Waals surface area contributed by atoms with Gasteiger partial charge in [0.15, 0.2) is 0 Å². The molecule has 22 heavy (non-hydrogen) atoms. The number of halogens is 1. The maximum Gasteiger partial charge on any atom is 0.107 e. The highest BCUT2D eigenvalue weighted by molar-refractivity contribution is 7.09. The summed E-state index contributed by atoms with van der Waals surface area (Å²) in [7, 11) is 0. The standard InChI is InChI=1S/C17H23N3S.ClH/c1-2-6-14-12-21-17(19-14)11-20-9-15(16(18)10-20)13-7-4-3-5-8-13;/h3-5,7-8,12,15-16H,2,6,9-11,18H2,1H3;1H/t15-,16+;/m0./s1.